The molecule has 1 aliphatic heterocycles. The number of benzene rings is 1. The Balaban J connectivity index is 1.69. The normalized spacial score (nSPS) is 25.6. The molecular formula is C19H28BNO2S. The predicted molar refractivity (Wildman–Crippen MR) is 104 cm³/mol. The molecule has 5 heteroatoms. The summed E-state index contributed by atoms with van der Waals surface area (Å²) in [7, 11) is -0.278. The minimum Gasteiger partial charge on any atom is -0.399 e. The molecule has 0 bridgehead atoms. The molecule has 1 saturated heterocycles. The molecule has 0 radical (unpaired) electrons. The van der Waals surface area contributed by atoms with Gasteiger partial charge in [0.25, 0.3) is 0 Å². The third-order valence-corrected chi connectivity index (χ3v) is 6.07. The number of rotatable bonds is 4. The molecule has 0 spiro atoms. The molecule has 0 saturated carbocycles. The second kappa shape index (κ2) is 6.87. The third-order valence-electron chi connectivity index (χ3n) is 5.50. The zero-order valence-corrected chi connectivity index (χ0v) is 16.2. The molecule has 3 nitrogen and oxygen atoms in total. The van der Waals surface area contributed by atoms with Crippen LogP contribution < -0.4 is 10.2 Å². The van der Waals surface area contributed by atoms with Crippen LogP contribution >= 0.6 is 11.9 Å². The molecule has 24 heavy (non-hydrogen) atoms. The molecule has 1 heterocycles. The lowest BCUT2D eigenvalue weighted by molar-refractivity contribution is 0.00578. The fraction of sp³-hybridized carbons (Fsp3) is 0.579. The Morgan fingerprint density at radius 2 is 1.71 bits per heavy atom. The Morgan fingerprint density at radius 1 is 1.08 bits per heavy atom. The van der Waals surface area contributed by atoms with Gasteiger partial charge in [-0.2, -0.15) is 0 Å². The van der Waals surface area contributed by atoms with E-state index in [4.69, 9.17) is 9.31 Å². The molecule has 0 aromatic heterocycles. The van der Waals surface area contributed by atoms with E-state index in [2.05, 4.69) is 69.0 Å². The Kier molecular flexibility index (Phi) is 5.17. The van der Waals surface area contributed by atoms with Gasteiger partial charge in [0.1, 0.15) is 0 Å². The first-order valence-electron chi connectivity index (χ1n) is 8.76. The summed E-state index contributed by atoms with van der Waals surface area (Å²) < 4.78 is 15.7. The average molecular weight is 345 g/mol. The lowest BCUT2D eigenvalue weighted by Crippen LogP contribution is -2.41. The van der Waals surface area contributed by atoms with Gasteiger partial charge in [-0.1, -0.05) is 42.3 Å². The van der Waals surface area contributed by atoms with E-state index in [9.17, 15) is 0 Å². The van der Waals surface area contributed by atoms with E-state index in [1.54, 1.807) is 11.9 Å². The van der Waals surface area contributed by atoms with Gasteiger partial charge in [-0.15, -0.1) is 0 Å². The molecule has 1 atom stereocenters. The molecule has 0 amide bonds. The fourth-order valence-electron chi connectivity index (χ4n) is 3.20. The van der Waals surface area contributed by atoms with Crippen LogP contribution in [0.25, 0.3) is 5.57 Å². The van der Waals surface area contributed by atoms with Crippen molar-refractivity contribution in [3.05, 3.63) is 35.9 Å². The van der Waals surface area contributed by atoms with Crippen molar-refractivity contribution in [1.82, 2.24) is 4.72 Å². The Hall–Kier alpha value is -0.745. The van der Waals surface area contributed by atoms with E-state index in [-0.39, 0.29) is 18.3 Å². The Bertz CT molecular complexity index is 596. The summed E-state index contributed by atoms with van der Waals surface area (Å²) in [6.45, 7) is 8.36. The first kappa shape index (κ1) is 18.1. The molecule has 1 aliphatic carbocycles. The van der Waals surface area contributed by atoms with Gasteiger partial charge in [0.2, 0.25) is 0 Å². The van der Waals surface area contributed by atoms with Gasteiger partial charge in [-0.25, -0.2) is 0 Å². The third kappa shape index (κ3) is 3.59. The highest BCUT2D eigenvalue weighted by atomic mass is 32.2. The number of hydrogen-bond acceptors (Lipinski definition) is 4. The van der Waals surface area contributed by atoms with Crippen LogP contribution in [0.3, 0.4) is 0 Å². The lowest BCUT2D eigenvalue weighted by atomic mass is 9.78. The molecule has 130 valence electrons. The van der Waals surface area contributed by atoms with E-state index in [0.717, 1.165) is 18.3 Å². The van der Waals surface area contributed by atoms with Crippen LogP contribution in [-0.2, 0) is 9.31 Å². The van der Waals surface area contributed by atoms with Gasteiger partial charge < -0.3 is 9.31 Å². The van der Waals surface area contributed by atoms with Crippen LogP contribution in [0.5, 0.6) is 0 Å². The zero-order valence-electron chi connectivity index (χ0n) is 15.4. The lowest BCUT2D eigenvalue weighted by Gasteiger charge is -2.32. The Labute approximate surface area is 150 Å². The topological polar surface area (TPSA) is 30.5 Å². The van der Waals surface area contributed by atoms with Crippen LogP contribution in [0.4, 0.5) is 0 Å². The summed E-state index contributed by atoms with van der Waals surface area (Å²) in [6.07, 6.45) is 7.91. The first-order chi connectivity index (χ1) is 11.3. The van der Waals surface area contributed by atoms with Gasteiger partial charge in [-0.05, 0) is 69.8 Å². The fourth-order valence-corrected chi connectivity index (χ4v) is 3.75. The van der Waals surface area contributed by atoms with Crippen molar-refractivity contribution < 1.29 is 9.31 Å². The Morgan fingerprint density at radius 3 is 2.21 bits per heavy atom. The zero-order chi connectivity index (χ0) is 17.4. The molecular weight excluding hydrogens is 317 g/mol. The maximum Gasteiger partial charge on any atom is 0.494 e. The minimum atomic E-state index is -0.290. The van der Waals surface area contributed by atoms with Crippen LogP contribution in [0.15, 0.2) is 30.3 Å². The largest absolute Gasteiger partial charge is 0.494 e. The quantitative estimate of drug-likeness (QED) is 0.664. The van der Waals surface area contributed by atoms with Gasteiger partial charge in [-0.3, -0.25) is 4.72 Å². The molecule has 1 N–H and O–H groups in total. The van der Waals surface area contributed by atoms with Gasteiger partial charge in [0.15, 0.2) is 0 Å². The maximum atomic E-state index is 6.13. The summed E-state index contributed by atoms with van der Waals surface area (Å²) in [5, 5.41) is 0. The van der Waals surface area contributed by atoms with Crippen molar-refractivity contribution in [2.24, 2.45) is 0 Å². The monoisotopic (exact) mass is 345 g/mol. The van der Waals surface area contributed by atoms with E-state index in [0.29, 0.717) is 6.04 Å². The molecule has 2 aliphatic rings. The summed E-state index contributed by atoms with van der Waals surface area (Å²) in [4.78, 5) is 0. The second-order valence-corrected chi connectivity index (χ2v) is 8.38. The summed E-state index contributed by atoms with van der Waals surface area (Å²) >= 11 is 1.71. The standard InChI is InChI=1S/C19H28BNO2S/c1-18(2)19(3,4)23-20(22-18)16-10-6-14(7-11-16)15-8-12-17(13-9-15)21-24-5/h6-8,10-11,17,21H,9,12-13H2,1-5H3. The molecule has 1 unspecified atom stereocenters. The van der Waals surface area contributed by atoms with Crippen LogP contribution in [0.2, 0.25) is 0 Å². The van der Waals surface area contributed by atoms with Crippen molar-refractivity contribution in [2.45, 2.75) is 64.2 Å². The van der Waals surface area contributed by atoms with Crippen molar-refractivity contribution in [3.8, 4) is 0 Å². The SMILES string of the molecule is CSNC1CC=C(c2ccc(B3OC(C)(C)C(C)(C)O3)cc2)CC1. The minimum absolute atomic E-state index is 0.278. The summed E-state index contributed by atoms with van der Waals surface area (Å²) in [6, 6.07) is 9.30. The maximum absolute atomic E-state index is 6.13. The van der Waals surface area contributed by atoms with Crippen molar-refractivity contribution in [3.63, 3.8) is 0 Å². The molecule has 1 aromatic rings. The summed E-state index contributed by atoms with van der Waals surface area (Å²) in [5.41, 5.74) is 3.28. The van der Waals surface area contributed by atoms with E-state index in [1.165, 1.54) is 17.6 Å². The highest BCUT2D eigenvalue weighted by Crippen LogP contribution is 2.36. The number of nitrogens with one attached hydrogen (secondary N) is 1. The van der Waals surface area contributed by atoms with Crippen LogP contribution in [-0.4, -0.2) is 30.6 Å². The predicted octanol–water partition coefficient (Wildman–Crippen LogP) is 3.79. The van der Waals surface area contributed by atoms with Gasteiger partial charge in [0, 0.05) is 6.04 Å². The molecule has 3 rings (SSSR count). The smallest absolute Gasteiger partial charge is 0.399 e. The van der Waals surface area contributed by atoms with E-state index >= 15 is 0 Å². The molecule has 1 aromatic carbocycles. The molecule has 1 fully saturated rings. The van der Waals surface area contributed by atoms with E-state index in [1.807, 2.05) is 0 Å². The second-order valence-electron chi connectivity index (χ2n) is 7.73. The van der Waals surface area contributed by atoms with E-state index < -0.39 is 0 Å². The highest BCUT2D eigenvalue weighted by Gasteiger charge is 2.51. The van der Waals surface area contributed by atoms with Gasteiger partial charge in [0.05, 0.1) is 11.2 Å². The van der Waals surface area contributed by atoms with Crippen LogP contribution in [0.1, 0.15) is 52.5 Å². The van der Waals surface area contributed by atoms with Crippen molar-refractivity contribution >= 4 is 30.1 Å². The number of hydrogen-bond donors (Lipinski definition) is 1. The number of allylic oxidation sites excluding steroid dienone is 1. The van der Waals surface area contributed by atoms with Gasteiger partial charge >= 0.3 is 7.12 Å². The van der Waals surface area contributed by atoms with Crippen molar-refractivity contribution in [2.75, 3.05) is 6.26 Å². The highest BCUT2D eigenvalue weighted by molar-refractivity contribution is 7.96. The van der Waals surface area contributed by atoms with Crippen molar-refractivity contribution in [1.29, 1.82) is 0 Å². The van der Waals surface area contributed by atoms with Crippen LogP contribution in [0, 0.1) is 0 Å². The summed E-state index contributed by atoms with van der Waals surface area (Å²) in [5.74, 6) is 0. The average Bonchev–Trinajstić information content (AvgIpc) is 2.77. The first-order valence-corrected chi connectivity index (χ1v) is 9.98.